The maximum atomic E-state index is 5.83. The van der Waals surface area contributed by atoms with Gasteiger partial charge in [-0.2, -0.15) is 0 Å². The van der Waals surface area contributed by atoms with Crippen molar-refractivity contribution < 1.29 is 4.74 Å². The highest BCUT2D eigenvalue weighted by Crippen LogP contribution is 2.25. The molecular weight excluding hydrogens is 344 g/mol. The van der Waals surface area contributed by atoms with Crippen LogP contribution < -0.4 is 4.74 Å². The Morgan fingerprint density at radius 1 is 0.786 bits per heavy atom. The highest BCUT2D eigenvalue weighted by atomic mass is 16.5. The van der Waals surface area contributed by atoms with Gasteiger partial charge in [0.05, 0.1) is 6.61 Å². The molecule has 0 saturated heterocycles. The third-order valence-corrected chi connectivity index (χ3v) is 4.63. The Morgan fingerprint density at radius 3 is 2.00 bits per heavy atom. The first-order valence-corrected chi connectivity index (χ1v) is 10.1. The Morgan fingerprint density at radius 2 is 1.39 bits per heavy atom. The number of allylic oxidation sites excluding steroid dienone is 1. The van der Waals surface area contributed by atoms with Crippen molar-refractivity contribution in [3.8, 4) is 28.3 Å². The molecule has 3 rings (SSSR count). The van der Waals surface area contributed by atoms with Crippen molar-refractivity contribution >= 4 is 6.08 Å². The molecule has 0 aliphatic heterocycles. The number of hydrogen-bond acceptors (Lipinski definition) is 3. The molecule has 0 bridgehead atoms. The molecule has 0 unspecified atom stereocenters. The highest BCUT2D eigenvalue weighted by Gasteiger charge is 2.03. The number of benzene rings is 2. The SMILES string of the molecule is CC=Cc1cnc(-c2ccc(-c3ccc(OCCCCCC)cc3)cc2)nc1. The molecule has 0 fully saturated rings. The number of ether oxygens (including phenoxy) is 1. The average Bonchev–Trinajstić information content (AvgIpc) is 2.75. The molecule has 3 heteroatoms. The van der Waals surface area contributed by atoms with E-state index in [2.05, 4.69) is 53.3 Å². The highest BCUT2D eigenvalue weighted by molar-refractivity contribution is 5.68. The quantitative estimate of drug-likeness (QED) is 0.387. The molecule has 0 aliphatic carbocycles. The lowest BCUT2D eigenvalue weighted by atomic mass is 10.0. The zero-order chi connectivity index (χ0) is 19.6. The summed E-state index contributed by atoms with van der Waals surface area (Å²) in [5.74, 6) is 1.68. The van der Waals surface area contributed by atoms with Crippen LogP contribution >= 0.6 is 0 Å². The maximum Gasteiger partial charge on any atom is 0.159 e. The average molecular weight is 373 g/mol. The largest absolute Gasteiger partial charge is 0.494 e. The van der Waals surface area contributed by atoms with Gasteiger partial charge in [0.15, 0.2) is 5.82 Å². The summed E-state index contributed by atoms with van der Waals surface area (Å²) >= 11 is 0. The smallest absolute Gasteiger partial charge is 0.159 e. The molecule has 144 valence electrons. The van der Waals surface area contributed by atoms with Crippen LogP contribution in [-0.2, 0) is 0 Å². The van der Waals surface area contributed by atoms with Crippen molar-refractivity contribution in [2.45, 2.75) is 39.5 Å². The monoisotopic (exact) mass is 372 g/mol. The Bertz CT molecular complexity index is 866. The molecule has 0 amide bonds. The first-order chi connectivity index (χ1) is 13.8. The van der Waals surface area contributed by atoms with Gasteiger partial charge in [0.1, 0.15) is 5.75 Å². The lowest BCUT2D eigenvalue weighted by Crippen LogP contribution is -1.96. The molecule has 2 aromatic carbocycles. The zero-order valence-electron chi connectivity index (χ0n) is 16.8. The van der Waals surface area contributed by atoms with Crippen LogP contribution in [0, 0.1) is 0 Å². The first kappa shape index (κ1) is 19.8. The molecule has 28 heavy (non-hydrogen) atoms. The van der Waals surface area contributed by atoms with Crippen LogP contribution in [0.1, 0.15) is 45.1 Å². The normalized spacial score (nSPS) is 11.1. The third-order valence-electron chi connectivity index (χ3n) is 4.63. The fraction of sp³-hybridized carbons (Fsp3) is 0.280. The van der Waals surface area contributed by atoms with Crippen molar-refractivity contribution in [2.24, 2.45) is 0 Å². The second-order valence-electron chi connectivity index (χ2n) is 6.85. The molecule has 3 nitrogen and oxygen atoms in total. The Balaban J connectivity index is 1.61. The minimum absolute atomic E-state index is 0.742. The Labute approximate surface area is 168 Å². The van der Waals surface area contributed by atoms with Crippen LogP contribution in [0.5, 0.6) is 5.75 Å². The van der Waals surface area contributed by atoms with E-state index in [1.54, 1.807) is 0 Å². The van der Waals surface area contributed by atoms with Crippen LogP contribution in [0.3, 0.4) is 0 Å². The first-order valence-electron chi connectivity index (χ1n) is 10.1. The number of nitrogens with zero attached hydrogens (tertiary/aromatic N) is 2. The Hall–Kier alpha value is -2.94. The maximum absolute atomic E-state index is 5.83. The summed E-state index contributed by atoms with van der Waals surface area (Å²) in [5.41, 5.74) is 4.37. The van der Waals surface area contributed by atoms with E-state index >= 15 is 0 Å². The minimum Gasteiger partial charge on any atom is -0.494 e. The molecule has 0 N–H and O–H groups in total. The van der Waals surface area contributed by atoms with Crippen LogP contribution in [-0.4, -0.2) is 16.6 Å². The topological polar surface area (TPSA) is 35.0 Å². The van der Waals surface area contributed by atoms with E-state index in [1.165, 1.54) is 30.4 Å². The van der Waals surface area contributed by atoms with Gasteiger partial charge in [-0.1, -0.05) is 74.7 Å². The summed E-state index contributed by atoms with van der Waals surface area (Å²) in [7, 11) is 0. The molecule has 1 heterocycles. The third kappa shape index (κ3) is 5.53. The van der Waals surface area contributed by atoms with Crippen LogP contribution in [0.15, 0.2) is 67.0 Å². The van der Waals surface area contributed by atoms with Gasteiger partial charge in [0.2, 0.25) is 0 Å². The van der Waals surface area contributed by atoms with E-state index in [0.717, 1.165) is 35.7 Å². The second kappa shape index (κ2) is 10.4. The standard InChI is InChI=1S/C25H28N2O/c1-3-5-6-7-17-28-24-15-13-22(14-16-24)21-9-11-23(12-10-21)25-26-18-20(8-4-2)19-27-25/h4,8-16,18-19H,3,5-7,17H2,1-2H3. The molecule has 1 aromatic heterocycles. The summed E-state index contributed by atoms with van der Waals surface area (Å²) < 4.78 is 5.83. The van der Waals surface area contributed by atoms with Gasteiger partial charge >= 0.3 is 0 Å². The van der Waals surface area contributed by atoms with Crippen LogP contribution in [0.25, 0.3) is 28.6 Å². The van der Waals surface area contributed by atoms with Gasteiger partial charge in [-0.3, -0.25) is 0 Å². The Kier molecular flexibility index (Phi) is 7.36. The van der Waals surface area contributed by atoms with E-state index in [1.807, 2.05) is 43.6 Å². The zero-order valence-corrected chi connectivity index (χ0v) is 16.8. The summed E-state index contributed by atoms with van der Waals surface area (Å²) in [5, 5.41) is 0. The lowest BCUT2D eigenvalue weighted by Gasteiger charge is -2.08. The minimum atomic E-state index is 0.742. The van der Waals surface area contributed by atoms with Crippen molar-refractivity contribution in [1.29, 1.82) is 0 Å². The van der Waals surface area contributed by atoms with E-state index in [9.17, 15) is 0 Å². The summed E-state index contributed by atoms with van der Waals surface area (Å²) in [6.07, 6.45) is 12.6. The van der Waals surface area contributed by atoms with Gasteiger partial charge in [0, 0.05) is 23.5 Å². The molecule has 3 aromatic rings. The van der Waals surface area contributed by atoms with Crippen molar-refractivity contribution in [3.05, 3.63) is 72.6 Å². The van der Waals surface area contributed by atoms with Gasteiger partial charge in [-0.05, 0) is 36.6 Å². The van der Waals surface area contributed by atoms with Crippen molar-refractivity contribution in [1.82, 2.24) is 9.97 Å². The van der Waals surface area contributed by atoms with E-state index < -0.39 is 0 Å². The van der Waals surface area contributed by atoms with Gasteiger partial charge in [-0.15, -0.1) is 0 Å². The van der Waals surface area contributed by atoms with Crippen LogP contribution in [0.2, 0.25) is 0 Å². The fourth-order valence-corrected chi connectivity index (χ4v) is 3.04. The van der Waals surface area contributed by atoms with E-state index in [0.29, 0.717) is 0 Å². The second-order valence-corrected chi connectivity index (χ2v) is 6.85. The number of rotatable bonds is 9. The molecule has 0 radical (unpaired) electrons. The van der Waals surface area contributed by atoms with Crippen LogP contribution in [0.4, 0.5) is 0 Å². The van der Waals surface area contributed by atoms with Gasteiger partial charge < -0.3 is 4.74 Å². The lowest BCUT2D eigenvalue weighted by molar-refractivity contribution is 0.305. The van der Waals surface area contributed by atoms with Crippen molar-refractivity contribution in [3.63, 3.8) is 0 Å². The molecule has 0 saturated carbocycles. The van der Waals surface area contributed by atoms with E-state index in [4.69, 9.17) is 4.74 Å². The number of aromatic nitrogens is 2. The molecular formula is C25H28N2O. The molecule has 0 spiro atoms. The summed E-state index contributed by atoms with van der Waals surface area (Å²) in [6.45, 7) is 5.00. The predicted molar refractivity (Wildman–Crippen MR) is 117 cm³/mol. The van der Waals surface area contributed by atoms with Gasteiger partial charge in [-0.25, -0.2) is 9.97 Å². The predicted octanol–water partition coefficient (Wildman–Crippen LogP) is 6.80. The summed E-state index contributed by atoms with van der Waals surface area (Å²) in [4.78, 5) is 8.90. The number of unbranched alkanes of at least 4 members (excludes halogenated alkanes) is 3. The fourth-order valence-electron chi connectivity index (χ4n) is 3.04. The summed E-state index contributed by atoms with van der Waals surface area (Å²) in [6, 6.07) is 16.7. The van der Waals surface area contributed by atoms with Crippen molar-refractivity contribution in [2.75, 3.05) is 6.61 Å². The molecule has 0 atom stereocenters. The number of hydrogen-bond donors (Lipinski definition) is 0. The van der Waals surface area contributed by atoms with E-state index in [-0.39, 0.29) is 0 Å². The van der Waals surface area contributed by atoms with Gasteiger partial charge in [0.25, 0.3) is 0 Å². The molecule has 0 aliphatic rings.